The molecule has 0 bridgehead atoms. The summed E-state index contributed by atoms with van der Waals surface area (Å²) in [6, 6.07) is 30.1. The molecule has 0 unspecified atom stereocenters. The van der Waals surface area contributed by atoms with Crippen LogP contribution >= 0.6 is 0 Å². The van der Waals surface area contributed by atoms with Crippen LogP contribution in [0.4, 0.5) is 0 Å². The van der Waals surface area contributed by atoms with Gasteiger partial charge in [0.25, 0.3) is 0 Å². The zero-order chi connectivity index (χ0) is 34.6. The highest BCUT2D eigenvalue weighted by Gasteiger charge is 2.38. The average molecular weight is 667 g/mol. The molecule has 49 heavy (non-hydrogen) atoms. The SMILES string of the molecule is CCCCCCCCCCN1CCC[C@H](CNC(=O)CCNC(=O)CNC(=O)CC(c2ccccc2)(c2ccccc2)c2ccccc2)C1. The second-order valence-corrected chi connectivity index (χ2v) is 13.6. The topological polar surface area (TPSA) is 90.5 Å². The Balaban J connectivity index is 1.17. The lowest BCUT2D eigenvalue weighted by molar-refractivity contribution is -0.126. The number of carbonyl (C=O) groups is 3. The van der Waals surface area contributed by atoms with Crippen molar-refractivity contribution in [3.05, 3.63) is 108 Å². The van der Waals surface area contributed by atoms with Crippen molar-refractivity contribution >= 4 is 17.7 Å². The van der Waals surface area contributed by atoms with Gasteiger partial charge in [-0.3, -0.25) is 14.4 Å². The minimum Gasteiger partial charge on any atom is -0.356 e. The molecule has 0 spiro atoms. The molecule has 0 saturated carbocycles. The fourth-order valence-electron chi connectivity index (χ4n) is 7.17. The number of nitrogens with zero attached hydrogens (tertiary/aromatic N) is 1. The molecular weight excluding hydrogens is 608 g/mol. The predicted octanol–water partition coefficient (Wildman–Crippen LogP) is 7.00. The van der Waals surface area contributed by atoms with Gasteiger partial charge in [-0.2, -0.15) is 0 Å². The fraction of sp³-hybridized carbons (Fsp3) is 0.500. The molecule has 7 heteroatoms. The van der Waals surface area contributed by atoms with Gasteiger partial charge in [0.05, 0.1) is 12.0 Å². The van der Waals surface area contributed by atoms with Crippen molar-refractivity contribution in [3.8, 4) is 0 Å². The summed E-state index contributed by atoms with van der Waals surface area (Å²) in [5.74, 6) is -0.114. The maximum Gasteiger partial charge on any atom is 0.239 e. The molecule has 0 radical (unpaired) electrons. The monoisotopic (exact) mass is 666 g/mol. The van der Waals surface area contributed by atoms with E-state index in [1.807, 2.05) is 91.0 Å². The summed E-state index contributed by atoms with van der Waals surface area (Å²) >= 11 is 0. The molecule has 1 atom stereocenters. The van der Waals surface area contributed by atoms with Crippen LogP contribution in [0.1, 0.15) is 101 Å². The van der Waals surface area contributed by atoms with E-state index >= 15 is 0 Å². The molecule has 0 aliphatic carbocycles. The van der Waals surface area contributed by atoms with Crippen LogP contribution in [0, 0.1) is 5.92 Å². The maximum atomic E-state index is 13.5. The number of carbonyl (C=O) groups excluding carboxylic acids is 3. The average Bonchev–Trinajstić information content (AvgIpc) is 3.14. The van der Waals surface area contributed by atoms with E-state index in [0.717, 1.165) is 42.7 Å². The van der Waals surface area contributed by atoms with Gasteiger partial charge in [-0.15, -0.1) is 0 Å². The van der Waals surface area contributed by atoms with E-state index in [4.69, 9.17) is 0 Å². The molecule has 1 saturated heterocycles. The lowest BCUT2D eigenvalue weighted by Crippen LogP contribution is -2.43. The third-order valence-electron chi connectivity index (χ3n) is 9.86. The maximum absolute atomic E-state index is 13.5. The van der Waals surface area contributed by atoms with Crippen LogP contribution < -0.4 is 16.0 Å². The molecule has 264 valence electrons. The number of hydrogen-bond acceptors (Lipinski definition) is 4. The number of benzene rings is 3. The quantitative estimate of drug-likeness (QED) is 0.0844. The van der Waals surface area contributed by atoms with Gasteiger partial charge in [-0.05, 0) is 55.0 Å². The van der Waals surface area contributed by atoms with Crippen molar-refractivity contribution in [1.82, 2.24) is 20.9 Å². The Hall–Kier alpha value is -3.97. The Morgan fingerprint density at radius 2 is 1.22 bits per heavy atom. The first-order chi connectivity index (χ1) is 24.0. The van der Waals surface area contributed by atoms with Gasteiger partial charge in [0.2, 0.25) is 17.7 Å². The third-order valence-corrected chi connectivity index (χ3v) is 9.86. The van der Waals surface area contributed by atoms with Gasteiger partial charge in [0.1, 0.15) is 0 Å². The van der Waals surface area contributed by atoms with Crippen molar-refractivity contribution in [1.29, 1.82) is 0 Å². The number of unbranched alkanes of at least 4 members (excludes halogenated alkanes) is 7. The number of amides is 3. The van der Waals surface area contributed by atoms with Crippen molar-refractivity contribution in [2.45, 2.75) is 89.4 Å². The number of rotatable bonds is 21. The normalized spacial score (nSPS) is 15.0. The summed E-state index contributed by atoms with van der Waals surface area (Å²) in [4.78, 5) is 41.3. The third kappa shape index (κ3) is 12.5. The van der Waals surface area contributed by atoms with Gasteiger partial charge in [0.15, 0.2) is 0 Å². The fourth-order valence-corrected chi connectivity index (χ4v) is 7.17. The summed E-state index contributed by atoms with van der Waals surface area (Å²) in [6.45, 7) is 6.40. The van der Waals surface area contributed by atoms with Gasteiger partial charge in [-0.25, -0.2) is 0 Å². The van der Waals surface area contributed by atoms with Crippen molar-refractivity contribution in [3.63, 3.8) is 0 Å². The zero-order valence-electron chi connectivity index (χ0n) is 29.6. The van der Waals surface area contributed by atoms with E-state index in [9.17, 15) is 14.4 Å². The first kappa shape index (κ1) is 37.8. The zero-order valence-corrected chi connectivity index (χ0v) is 29.6. The molecule has 3 aromatic carbocycles. The van der Waals surface area contributed by atoms with E-state index < -0.39 is 5.41 Å². The van der Waals surface area contributed by atoms with Crippen molar-refractivity contribution < 1.29 is 14.4 Å². The Bertz CT molecular complexity index is 1290. The molecule has 3 amide bonds. The Labute approximate surface area is 294 Å². The molecule has 3 aromatic rings. The second-order valence-electron chi connectivity index (χ2n) is 13.6. The number of likely N-dealkylation sites (tertiary alicyclic amines) is 1. The highest BCUT2D eigenvalue weighted by Crippen LogP contribution is 2.42. The smallest absolute Gasteiger partial charge is 0.239 e. The number of hydrogen-bond donors (Lipinski definition) is 3. The molecule has 1 aliphatic rings. The van der Waals surface area contributed by atoms with Gasteiger partial charge < -0.3 is 20.9 Å². The molecule has 7 nitrogen and oxygen atoms in total. The van der Waals surface area contributed by atoms with E-state index in [0.29, 0.717) is 12.5 Å². The summed E-state index contributed by atoms with van der Waals surface area (Å²) in [7, 11) is 0. The molecule has 4 rings (SSSR count). The second kappa shape index (κ2) is 21.2. The van der Waals surface area contributed by atoms with Crippen molar-refractivity contribution in [2.75, 3.05) is 39.3 Å². The predicted molar refractivity (Wildman–Crippen MR) is 199 cm³/mol. The van der Waals surface area contributed by atoms with E-state index in [-0.39, 0.29) is 43.7 Å². The van der Waals surface area contributed by atoms with Crippen LogP contribution in [-0.2, 0) is 19.8 Å². The standard InChI is InChI=1S/C42H58N4O3/c1-2-3-4-5-6-7-8-18-29-46-30-19-20-35(34-46)32-44-39(47)27-28-43-41(49)33-45-40(48)31-42(36-21-12-9-13-22-36,37-23-14-10-15-24-37)38-25-16-11-17-26-38/h9-17,21-26,35H,2-8,18-20,27-34H2,1H3,(H,43,49)(H,44,47)(H,45,48)/t35-/m1/s1. The Kier molecular flexibility index (Phi) is 16.4. The van der Waals surface area contributed by atoms with Crippen LogP contribution in [0.2, 0.25) is 0 Å². The molecule has 0 aromatic heterocycles. The molecule has 1 fully saturated rings. The van der Waals surface area contributed by atoms with Gasteiger partial charge in [0, 0.05) is 32.5 Å². The van der Waals surface area contributed by atoms with E-state index in [1.165, 1.54) is 57.8 Å². The summed E-state index contributed by atoms with van der Waals surface area (Å²) in [5, 5.41) is 8.71. The Morgan fingerprint density at radius 1 is 0.673 bits per heavy atom. The lowest BCUT2D eigenvalue weighted by Gasteiger charge is -2.35. The first-order valence-corrected chi connectivity index (χ1v) is 18.7. The van der Waals surface area contributed by atoms with Gasteiger partial charge in [-0.1, -0.05) is 143 Å². The molecule has 1 aliphatic heterocycles. The van der Waals surface area contributed by atoms with Crippen LogP contribution in [0.25, 0.3) is 0 Å². The number of nitrogens with one attached hydrogen (secondary N) is 3. The summed E-state index contributed by atoms with van der Waals surface area (Å²) in [6.07, 6.45) is 13.4. The van der Waals surface area contributed by atoms with Crippen LogP contribution in [-0.4, -0.2) is 61.9 Å². The van der Waals surface area contributed by atoms with Gasteiger partial charge >= 0.3 is 0 Å². The molecule has 1 heterocycles. The molecular formula is C42H58N4O3. The van der Waals surface area contributed by atoms with Crippen LogP contribution in [0.15, 0.2) is 91.0 Å². The number of piperidine rings is 1. The lowest BCUT2D eigenvalue weighted by atomic mass is 9.67. The highest BCUT2D eigenvalue weighted by molar-refractivity contribution is 5.86. The van der Waals surface area contributed by atoms with Crippen molar-refractivity contribution in [2.24, 2.45) is 5.92 Å². The summed E-state index contributed by atoms with van der Waals surface area (Å²) < 4.78 is 0. The van der Waals surface area contributed by atoms with Crippen LogP contribution in [0.3, 0.4) is 0 Å². The largest absolute Gasteiger partial charge is 0.356 e. The van der Waals surface area contributed by atoms with Crippen LogP contribution in [0.5, 0.6) is 0 Å². The van der Waals surface area contributed by atoms with E-state index in [1.54, 1.807) is 0 Å². The highest BCUT2D eigenvalue weighted by atomic mass is 16.2. The Morgan fingerprint density at radius 3 is 1.80 bits per heavy atom. The molecule has 3 N–H and O–H groups in total. The minimum absolute atomic E-state index is 0.0529. The first-order valence-electron chi connectivity index (χ1n) is 18.7. The van der Waals surface area contributed by atoms with E-state index in [2.05, 4.69) is 27.8 Å². The summed E-state index contributed by atoms with van der Waals surface area (Å²) in [5.41, 5.74) is 2.28. The minimum atomic E-state index is -0.731.